The van der Waals surface area contributed by atoms with Crippen molar-refractivity contribution < 1.29 is 21.3 Å². The zero-order chi connectivity index (χ0) is 18.0. The van der Waals surface area contributed by atoms with Crippen LogP contribution >= 0.6 is 0 Å². The summed E-state index contributed by atoms with van der Waals surface area (Å²) in [7, 11) is -3.70. The molecule has 1 atom stereocenters. The van der Waals surface area contributed by atoms with Gasteiger partial charge in [-0.05, 0) is 44.4 Å². The molecule has 2 rings (SSSR count). The second kappa shape index (κ2) is 7.06. The van der Waals surface area contributed by atoms with Gasteiger partial charge in [-0.15, -0.1) is 0 Å². The van der Waals surface area contributed by atoms with E-state index < -0.39 is 19.9 Å². The molecule has 0 saturated heterocycles. The minimum atomic E-state index is -3.85. The smallest absolute Gasteiger partial charge is 0.240 e. The minimum Gasteiger partial charge on any atom is -0.468 e. The third-order valence-corrected chi connectivity index (χ3v) is 6.04. The van der Waals surface area contributed by atoms with Crippen LogP contribution in [0.25, 0.3) is 0 Å². The molecule has 0 fully saturated rings. The van der Waals surface area contributed by atoms with Crippen molar-refractivity contribution in [2.75, 3.05) is 26.9 Å². The van der Waals surface area contributed by atoms with Gasteiger partial charge >= 0.3 is 0 Å². The lowest BCUT2D eigenvalue weighted by molar-refractivity contribution is 0.259. The van der Waals surface area contributed by atoms with Gasteiger partial charge in [-0.1, -0.05) is 6.07 Å². The quantitative estimate of drug-likeness (QED) is 0.786. The molecule has 0 aliphatic rings. The highest BCUT2D eigenvalue weighted by atomic mass is 32.2. The number of benzene rings is 1. The number of nitrogens with zero attached hydrogens (tertiary/aromatic N) is 1. The number of hydrogen-bond donors (Lipinski definition) is 1. The summed E-state index contributed by atoms with van der Waals surface area (Å²) < 4.78 is 55.9. The van der Waals surface area contributed by atoms with Crippen LogP contribution in [0.15, 0.2) is 56.9 Å². The largest absolute Gasteiger partial charge is 0.468 e. The van der Waals surface area contributed by atoms with Crippen molar-refractivity contribution in [3.05, 3.63) is 48.4 Å². The van der Waals surface area contributed by atoms with E-state index in [-0.39, 0.29) is 22.4 Å². The van der Waals surface area contributed by atoms with Crippen LogP contribution in [0.5, 0.6) is 0 Å². The Bertz CT molecular complexity index is 888. The Kier molecular flexibility index (Phi) is 5.49. The number of nitrogens with one attached hydrogen (secondary N) is 1. The van der Waals surface area contributed by atoms with Gasteiger partial charge < -0.3 is 4.42 Å². The predicted octanol–water partition coefficient (Wildman–Crippen LogP) is 1.26. The molecule has 0 radical (unpaired) electrons. The first kappa shape index (κ1) is 18.7. The van der Waals surface area contributed by atoms with Crippen LogP contribution < -0.4 is 4.72 Å². The zero-order valence-corrected chi connectivity index (χ0v) is 15.3. The lowest BCUT2D eigenvalue weighted by Crippen LogP contribution is -2.34. The van der Waals surface area contributed by atoms with Crippen molar-refractivity contribution in [1.82, 2.24) is 9.62 Å². The molecule has 1 unspecified atom stereocenters. The molecule has 0 aliphatic carbocycles. The molecular weight excluding hydrogens is 352 g/mol. The van der Waals surface area contributed by atoms with E-state index >= 15 is 0 Å². The van der Waals surface area contributed by atoms with Crippen molar-refractivity contribution in [3.63, 3.8) is 0 Å². The van der Waals surface area contributed by atoms with Gasteiger partial charge in [0.25, 0.3) is 0 Å². The molecule has 0 aliphatic heterocycles. The average molecular weight is 372 g/mol. The zero-order valence-electron chi connectivity index (χ0n) is 13.6. The summed E-state index contributed by atoms with van der Waals surface area (Å²) in [5.74, 6) is 0.632. The van der Waals surface area contributed by atoms with Gasteiger partial charge in [0.2, 0.25) is 10.0 Å². The van der Waals surface area contributed by atoms with Crippen LogP contribution in [-0.2, 0) is 19.9 Å². The number of furan rings is 1. The monoisotopic (exact) mass is 372 g/mol. The fourth-order valence-corrected chi connectivity index (χ4v) is 3.99. The Morgan fingerprint density at radius 2 is 1.75 bits per heavy atom. The number of sulfone groups is 1. The molecule has 132 valence electrons. The first-order valence-electron chi connectivity index (χ1n) is 7.11. The molecule has 0 bridgehead atoms. The van der Waals surface area contributed by atoms with Crippen molar-refractivity contribution in [2.24, 2.45) is 0 Å². The van der Waals surface area contributed by atoms with Crippen LogP contribution in [-0.4, -0.2) is 48.6 Å². The Balaban J connectivity index is 2.22. The van der Waals surface area contributed by atoms with Gasteiger partial charge in [-0.25, -0.2) is 21.6 Å². The van der Waals surface area contributed by atoms with E-state index in [1.54, 1.807) is 12.1 Å². The van der Waals surface area contributed by atoms with Gasteiger partial charge in [0.1, 0.15) is 5.76 Å². The summed E-state index contributed by atoms with van der Waals surface area (Å²) in [4.78, 5) is 1.69. The Morgan fingerprint density at radius 1 is 1.08 bits per heavy atom. The molecular formula is C15H20N2O5S2. The summed E-state index contributed by atoms with van der Waals surface area (Å²) in [6.45, 7) is 0.0892. The summed E-state index contributed by atoms with van der Waals surface area (Å²) in [6, 6.07) is 8.48. The molecule has 1 aromatic carbocycles. The first-order chi connectivity index (χ1) is 11.1. The highest BCUT2D eigenvalue weighted by molar-refractivity contribution is 7.91. The molecule has 24 heavy (non-hydrogen) atoms. The lowest BCUT2D eigenvalue weighted by Gasteiger charge is -2.22. The van der Waals surface area contributed by atoms with E-state index in [0.29, 0.717) is 5.76 Å². The van der Waals surface area contributed by atoms with Crippen LogP contribution in [0, 0.1) is 0 Å². The van der Waals surface area contributed by atoms with Crippen LogP contribution in [0.1, 0.15) is 11.8 Å². The summed E-state index contributed by atoms with van der Waals surface area (Å²) in [5.41, 5.74) is 0. The van der Waals surface area contributed by atoms with Crippen LogP contribution in [0.2, 0.25) is 0 Å². The number of rotatable bonds is 7. The van der Waals surface area contributed by atoms with Gasteiger partial charge in [0, 0.05) is 12.8 Å². The summed E-state index contributed by atoms with van der Waals surface area (Å²) >= 11 is 0. The number of sulfonamides is 1. The Hall–Kier alpha value is -1.68. The third kappa shape index (κ3) is 4.44. The Morgan fingerprint density at radius 3 is 2.29 bits per heavy atom. The normalized spacial score (nSPS) is 14.0. The van der Waals surface area contributed by atoms with E-state index in [1.807, 2.05) is 19.0 Å². The fraction of sp³-hybridized carbons (Fsp3) is 0.333. The van der Waals surface area contributed by atoms with E-state index in [0.717, 1.165) is 12.3 Å². The standard InChI is InChI=1S/C15H20N2O5S2/c1-17(2)14(15-8-5-9-22-15)11-16-24(20,21)13-7-4-6-12(10-13)23(3,18)19/h4-10,14,16H,11H2,1-3H3. The maximum atomic E-state index is 12.5. The highest BCUT2D eigenvalue weighted by Gasteiger charge is 2.22. The maximum absolute atomic E-state index is 12.5. The molecule has 1 heterocycles. The summed E-state index contributed by atoms with van der Waals surface area (Å²) in [5, 5.41) is 0. The average Bonchev–Trinajstić information content (AvgIpc) is 3.00. The lowest BCUT2D eigenvalue weighted by atomic mass is 10.2. The Labute approximate surface area is 142 Å². The van der Waals surface area contributed by atoms with Crippen molar-refractivity contribution >= 4 is 19.9 Å². The van der Waals surface area contributed by atoms with Crippen LogP contribution in [0.4, 0.5) is 0 Å². The number of likely N-dealkylation sites (N-methyl/N-ethyl adjacent to an activating group) is 1. The fourth-order valence-electron chi connectivity index (χ4n) is 2.16. The highest BCUT2D eigenvalue weighted by Crippen LogP contribution is 2.20. The molecule has 2 aromatic rings. The van der Waals surface area contributed by atoms with E-state index in [2.05, 4.69) is 4.72 Å². The second-order valence-corrected chi connectivity index (χ2v) is 9.38. The molecule has 7 nitrogen and oxygen atoms in total. The van der Waals surface area contributed by atoms with E-state index in [1.165, 1.54) is 24.5 Å². The van der Waals surface area contributed by atoms with Crippen molar-refractivity contribution in [3.8, 4) is 0 Å². The van der Waals surface area contributed by atoms with Crippen molar-refractivity contribution in [1.29, 1.82) is 0 Å². The summed E-state index contributed by atoms with van der Waals surface area (Å²) in [6.07, 6.45) is 2.56. The van der Waals surface area contributed by atoms with Crippen molar-refractivity contribution in [2.45, 2.75) is 15.8 Å². The van der Waals surface area contributed by atoms with Gasteiger partial charge in [0.05, 0.1) is 22.1 Å². The van der Waals surface area contributed by atoms with Gasteiger partial charge in [-0.3, -0.25) is 4.90 Å². The topological polar surface area (TPSA) is 96.7 Å². The molecule has 1 N–H and O–H groups in total. The number of hydrogen-bond acceptors (Lipinski definition) is 6. The van der Waals surface area contributed by atoms with Crippen LogP contribution in [0.3, 0.4) is 0 Å². The molecule has 0 spiro atoms. The molecule has 1 aromatic heterocycles. The van der Waals surface area contributed by atoms with E-state index in [9.17, 15) is 16.8 Å². The molecule has 0 saturated carbocycles. The first-order valence-corrected chi connectivity index (χ1v) is 10.5. The molecule has 9 heteroatoms. The molecule has 0 amide bonds. The third-order valence-electron chi connectivity index (χ3n) is 3.51. The predicted molar refractivity (Wildman–Crippen MR) is 89.9 cm³/mol. The SMILES string of the molecule is CN(C)C(CNS(=O)(=O)c1cccc(S(C)(=O)=O)c1)c1ccco1. The van der Waals surface area contributed by atoms with E-state index in [4.69, 9.17) is 4.42 Å². The second-order valence-electron chi connectivity index (χ2n) is 5.59. The van der Waals surface area contributed by atoms with Gasteiger partial charge in [-0.2, -0.15) is 0 Å². The minimum absolute atomic E-state index is 0.0411. The van der Waals surface area contributed by atoms with Gasteiger partial charge in [0.15, 0.2) is 9.84 Å². The maximum Gasteiger partial charge on any atom is 0.240 e.